The van der Waals surface area contributed by atoms with Gasteiger partial charge >= 0.3 is 0 Å². The first kappa shape index (κ1) is 31.5. The summed E-state index contributed by atoms with van der Waals surface area (Å²) in [4.78, 5) is 4.51. The van der Waals surface area contributed by atoms with Gasteiger partial charge in [-0.1, -0.05) is 164 Å². The smallest absolute Gasteiger partial charge is 0.0571 e. The second kappa shape index (κ2) is 12.8. The summed E-state index contributed by atoms with van der Waals surface area (Å²) in [5.74, 6) is 0.885. The van der Waals surface area contributed by atoms with Gasteiger partial charge in [0.25, 0.3) is 0 Å². The predicted octanol–water partition coefficient (Wildman–Crippen LogP) is 13.8. The van der Waals surface area contributed by atoms with Crippen molar-refractivity contribution >= 4 is 48.9 Å². The van der Waals surface area contributed by atoms with Crippen molar-refractivity contribution in [2.45, 2.75) is 0 Å². The van der Waals surface area contributed by atoms with Crippen LogP contribution < -0.4 is 0 Å². The minimum Gasteiger partial charge on any atom is -0.309 e. The third-order valence-electron chi connectivity index (χ3n) is 11.6. The Morgan fingerprint density at radius 1 is 0.418 bits per heavy atom. The van der Waals surface area contributed by atoms with E-state index in [-0.39, 0.29) is 0 Å². The largest absolute Gasteiger partial charge is 0.309 e. The van der Waals surface area contributed by atoms with E-state index < -0.39 is 0 Å². The molecular formula is C53H36N2. The van der Waals surface area contributed by atoms with E-state index in [4.69, 9.17) is 0 Å². The van der Waals surface area contributed by atoms with Crippen molar-refractivity contribution in [3.8, 4) is 39.1 Å². The lowest BCUT2D eigenvalue weighted by atomic mass is 9.81. The monoisotopic (exact) mass is 700 g/mol. The highest BCUT2D eigenvalue weighted by Gasteiger charge is 2.20. The lowest BCUT2D eigenvalue weighted by molar-refractivity contribution is 0.663. The number of pyridine rings is 1. The average Bonchev–Trinajstić information content (AvgIpc) is 3.59. The number of para-hydroxylation sites is 1. The molecule has 0 bridgehead atoms. The molecule has 9 aromatic rings. The maximum atomic E-state index is 4.51. The van der Waals surface area contributed by atoms with Gasteiger partial charge in [0, 0.05) is 40.7 Å². The normalized spacial score (nSPS) is 16.3. The fourth-order valence-corrected chi connectivity index (χ4v) is 8.98. The van der Waals surface area contributed by atoms with Gasteiger partial charge in [0.1, 0.15) is 0 Å². The van der Waals surface area contributed by atoms with Crippen LogP contribution in [0.1, 0.15) is 5.56 Å². The molecule has 7 aromatic carbocycles. The van der Waals surface area contributed by atoms with Crippen LogP contribution in [-0.4, -0.2) is 9.55 Å². The van der Waals surface area contributed by atoms with Crippen LogP contribution in [0.3, 0.4) is 0 Å². The highest BCUT2D eigenvalue weighted by Crippen LogP contribution is 2.44. The second-order valence-corrected chi connectivity index (χ2v) is 14.7. The number of nitrogens with zero attached hydrogens (tertiary/aromatic N) is 2. The zero-order valence-electron chi connectivity index (χ0n) is 30.2. The highest BCUT2D eigenvalue weighted by molar-refractivity contribution is 6.21. The Labute approximate surface area is 320 Å². The average molecular weight is 701 g/mol. The zero-order valence-corrected chi connectivity index (χ0v) is 30.2. The quantitative estimate of drug-likeness (QED) is 0.163. The molecule has 2 aromatic heterocycles. The van der Waals surface area contributed by atoms with Crippen LogP contribution in [0, 0.1) is 11.8 Å². The first-order valence-electron chi connectivity index (χ1n) is 19.1. The van der Waals surface area contributed by atoms with E-state index in [9.17, 15) is 0 Å². The molecule has 2 atom stereocenters. The van der Waals surface area contributed by atoms with Gasteiger partial charge in [-0.25, -0.2) is 0 Å². The van der Waals surface area contributed by atoms with Crippen molar-refractivity contribution in [2.75, 3.05) is 0 Å². The summed E-state index contributed by atoms with van der Waals surface area (Å²) in [6.45, 7) is 0. The highest BCUT2D eigenvalue weighted by atomic mass is 15.0. The predicted molar refractivity (Wildman–Crippen MR) is 232 cm³/mol. The summed E-state index contributed by atoms with van der Waals surface area (Å²) in [7, 11) is 0. The number of aromatic nitrogens is 2. The van der Waals surface area contributed by atoms with Crippen LogP contribution in [0.4, 0.5) is 0 Å². The number of rotatable bonds is 5. The Kier molecular flexibility index (Phi) is 7.34. The molecule has 0 N–H and O–H groups in total. The lowest BCUT2D eigenvalue weighted by Crippen LogP contribution is -2.11. The Morgan fingerprint density at radius 2 is 0.964 bits per heavy atom. The zero-order chi connectivity index (χ0) is 36.3. The molecule has 258 valence electrons. The SMILES string of the molecule is C1=CC2C=CC(c3ccc(-c4c5ccccc5c(-c5ccc(-c6ccc7c(c6)c6cnccc6n7-c6ccccc6)cc5)c5ccccc45)cc3)=CC2C=C1. The van der Waals surface area contributed by atoms with E-state index in [1.807, 2.05) is 12.4 Å². The van der Waals surface area contributed by atoms with E-state index in [1.165, 1.54) is 77.0 Å². The van der Waals surface area contributed by atoms with Crippen LogP contribution in [0.25, 0.3) is 88.0 Å². The van der Waals surface area contributed by atoms with E-state index in [0.29, 0.717) is 11.8 Å². The first-order chi connectivity index (χ1) is 27.3. The Morgan fingerprint density at radius 3 is 1.62 bits per heavy atom. The number of fused-ring (bicyclic) bond motifs is 6. The van der Waals surface area contributed by atoms with Crippen LogP contribution in [-0.2, 0) is 0 Å². The summed E-state index contributed by atoms with van der Waals surface area (Å²) >= 11 is 0. The first-order valence-corrected chi connectivity index (χ1v) is 19.1. The molecule has 0 spiro atoms. The van der Waals surface area contributed by atoms with Gasteiger partial charge in [0.05, 0.1) is 11.0 Å². The number of hydrogen-bond donors (Lipinski definition) is 0. The van der Waals surface area contributed by atoms with Crippen molar-refractivity contribution in [2.24, 2.45) is 11.8 Å². The molecule has 0 aliphatic heterocycles. The summed E-state index contributed by atoms with van der Waals surface area (Å²) in [5, 5.41) is 7.41. The van der Waals surface area contributed by atoms with E-state index in [2.05, 4.69) is 204 Å². The molecule has 0 fully saturated rings. The molecule has 2 unspecified atom stereocenters. The van der Waals surface area contributed by atoms with Crippen molar-refractivity contribution in [3.05, 3.63) is 212 Å². The molecule has 0 radical (unpaired) electrons. The van der Waals surface area contributed by atoms with E-state index in [1.54, 1.807) is 0 Å². The summed E-state index contributed by atoms with van der Waals surface area (Å²) in [6, 6.07) is 55.7. The summed E-state index contributed by atoms with van der Waals surface area (Å²) in [6.07, 6.45) is 19.8. The van der Waals surface area contributed by atoms with Crippen molar-refractivity contribution < 1.29 is 0 Å². The summed E-state index contributed by atoms with van der Waals surface area (Å²) < 4.78 is 2.33. The van der Waals surface area contributed by atoms with Gasteiger partial charge in [-0.05, 0) is 96.4 Å². The third kappa shape index (κ3) is 5.21. The van der Waals surface area contributed by atoms with Gasteiger partial charge in [0.15, 0.2) is 0 Å². The van der Waals surface area contributed by atoms with Crippen molar-refractivity contribution in [1.29, 1.82) is 0 Å². The fraction of sp³-hybridized carbons (Fsp3) is 0.0377. The maximum Gasteiger partial charge on any atom is 0.0571 e. The van der Waals surface area contributed by atoms with Crippen LogP contribution >= 0.6 is 0 Å². The van der Waals surface area contributed by atoms with Crippen molar-refractivity contribution in [1.82, 2.24) is 9.55 Å². The maximum absolute atomic E-state index is 4.51. The Bertz CT molecular complexity index is 3010. The molecule has 2 aliphatic carbocycles. The molecule has 55 heavy (non-hydrogen) atoms. The minimum absolute atomic E-state index is 0.425. The molecular weight excluding hydrogens is 665 g/mol. The Hall–Kier alpha value is -7.03. The molecule has 2 nitrogen and oxygen atoms in total. The molecule has 2 aliphatic rings. The van der Waals surface area contributed by atoms with E-state index >= 15 is 0 Å². The van der Waals surface area contributed by atoms with E-state index in [0.717, 1.165) is 16.6 Å². The fourth-order valence-electron chi connectivity index (χ4n) is 8.98. The van der Waals surface area contributed by atoms with Gasteiger partial charge < -0.3 is 4.57 Å². The molecule has 0 saturated heterocycles. The number of allylic oxidation sites excluding steroid dienone is 8. The third-order valence-corrected chi connectivity index (χ3v) is 11.6. The second-order valence-electron chi connectivity index (χ2n) is 14.7. The molecule has 2 heteroatoms. The Balaban J connectivity index is 0.993. The topological polar surface area (TPSA) is 17.8 Å². The van der Waals surface area contributed by atoms with Crippen LogP contribution in [0.2, 0.25) is 0 Å². The number of benzene rings is 7. The van der Waals surface area contributed by atoms with Crippen LogP contribution in [0.15, 0.2) is 207 Å². The molecule has 0 amide bonds. The van der Waals surface area contributed by atoms with Gasteiger partial charge in [-0.15, -0.1) is 0 Å². The lowest BCUT2D eigenvalue weighted by Gasteiger charge is -2.23. The summed E-state index contributed by atoms with van der Waals surface area (Å²) in [5.41, 5.74) is 13.4. The number of hydrogen-bond acceptors (Lipinski definition) is 1. The molecule has 2 heterocycles. The van der Waals surface area contributed by atoms with Crippen LogP contribution in [0.5, 0.6) is 0 Å². The molecule has 11 rings (SSSR count). The standard InChI is InChI=1S/C53H36N2/c1-2-12-43(13-3-1)55-50-29-28-42(33-48(50)49-34-54-31-30-51(49)55)37-20-25-39(26-21-37)53-46-16-8-6-14-44(46)52(45-15-7-9-17-47(45)53)38-23-18-36(19-24-38)41-27-22-35-10-4-5-11-40(35)32-41/h1-35,40H. The van der Waals surface area contributed by atoms with Gasteiger partial charge in [-0.2, -0.15) is 0 Å². The molecule has 0 saturated carbocycles. The van der Waals surface area contributed by atoms with Gasteiger partial charge in [-0.3, -0.25) is 4.98 Å². The minimum atomic E-state index is 0.425. The van der Waals surface area contributed by atoms with Gasteiger partial charge in [0.2, 0.25) is 0 Å². The van der Waals surface area contributed by atoms with Crippen molar-refractivity contribution in [3.63, 3.8) is 0 Å².